The van der Waals surface area contributed by atoms with Gasteiger partial charge < -0.3 is 13.6 Å². The first-order valence-corrected chi connectivity index (χ1v) is 8.71. The van der Waals surface area contributed by atoms with Crippen molar-refractivity contribution < 1.29 is 18.3 Å². The Balaban J connectivity index is 2.30. The SMILES string of the molecule is COC(=O)c1ccccc1N(CCc1cccc(Cl)c1Cl)S(=O)[O-]. The first-order chi connectivity index (χ1) is 11.5. The number of carbonyl (C=O) groups is 1. The quantitative estimate of drug-likeness (QED) is 0.561. The Bertz CT molecular complexity index is 769. The van der Waals surface area contributed by atoms with E-state index in [1.165, 1.54) is 13.2 Å². The lowest BCUT2D eigenvalue weighted by molar-refractivity contribution is 0.0601. The van der Waals surface area contributed by atoms with Gasteiger partial charge in [0.05, 0.1) is 28.4 Å². The summed E-state index contributed by atoms with van der Waals surface area (Å²) in [6, 6.07) is 11.5. The number of nitrogens with zero attached hydrogens (tertiary/aromatic N) is 1. The Labute approximate surface area is 152 Å². The molecule has 0 aromatic heterocycles. The number of hydrogen-bond donors (Lipinski definition) is 0. The second-order valence-electron chi connectivity index (χ2n) is 4.79. The first-order valence-electron chi connectivity index (χ1n) is 6.93. The molecule has 2 aromatic carbocycles. The number of hydrogen-bond acceptors (Lipinski definition) is 4. The van der Waals surface area contributed by atoms with E-state index in [-0.39, 0.29) is 17.8 Å². The van der Waals surface area contributed by atoms with Crippen LogP contribution in [0.25, 0.3) is 0 Å². The van der Waals surface area contributed by atoms with Crippen molar-refractivity contribution in [2.45, 2.75) is 6.42 Å². The highest BCUT2D eigenvalue weighted by molar-refractivity contribution is 7.80. The minimum absolute atomic E-state index is 0.101. The first kappa shape index (κ1) is 18.7. The molecule has 2 aromatic rings. The molecule has 0 aliphatic rings. The zero-order chi connectivity index (χ0) is 17.7. The van der Waals surface area contributed by atoms with Crippen molar-refractivity contribution in [2.24, 2.45) is 0 Å². The Kier molecular flexibility index (Phi) is 6.62. The van der Waals surface area contributed by atoms with E-state index < -0.39 is 17.2 Å². The summed E-state index contributed by atoms with van der Waals surface area (Å²) < 4.78 is 29.1. The molecule has 0 bridgehead atoms. The second-order valence-corrected chi connectivity index (χ2v) is 6.45. The molecule has 5 nitrogen and oxygen atoms in total. The summed E-state index contributed by atoms with van der Waals surface area (Å²) in [5, 5.41) is 0.788. The van der Waals surface area contributed by atoms with E-state index in [0.29, 0.717) is 16.5 Å². The van der Waals surface area contributed by atoms with Crippen molar-refractivity contribution in [3.05, 3.63) is 63.6 Å². The van der Waals surface area contributed by atoms with Crippen LogP contribution in [0.3, 0.4) is 0 Å². The fraction of sp³-hybridized carbons (Fsp3) is 0.188. The maximum absolute atomic E-state index is 11.8. The molecule has 0 spiro atoms. The highest BCUT2D eigenvalue weighted by Crippen LogP contribution is 2.27. The van der Waals surface area contributed by atoms with Gasteiger partial charge in [-0.05, 0) is 30.2 Å². The normalized spacial score (nSPS) is 11.8. The average Bonchev–Trinajstić information content (AvgIpc) is 2.58. The number of rotatable bonds is 6. The Morgan fingerprint density at radius 1 is 1.21 bits per heavy atom. The molecule has 24 heavy (non-hydrogen) atoms. The van der Waals surface area contributed by atoms with Gasteiger partial charge in [-0.1, -0.05) is 47.5 Å². The van der Waals surface area contributed by atoms with Crippen LogP contribution in [0.15, 0.2) is 42.5 Å². The minimum Gasteiger partial charge on any atom is -0.755 e. The molecule has 1 atom stereocenters. The molecule has 0 heterocycles. The maximum atomic E-state index is 11.8. The van der Waals surface area contributed by atoms with Crippen LogP contribution in [0.1, 0.15) is 15.9 Å². The number of ether oxygens (including phenoxy) is 1. The molecular weight excluding hydrogens is 373 g/mol. The number of anilines is 1. The maximum Gasteiger partial charge on any atom is 0.340 e. The number of benzene rings is 2. The molecule has 0 saturated heterocycles. The minimum atomic E-state index is -2.57. The Morgan fingerprint density at radius 3 is 2.58 bits per heavy atom. The van der Waals surface area contributed by atoms with Gasteiger partial charge in [-0.3, -0.25) is 4.21 Å². The van der Waals surface area contributed by atoms with Crippen LogP contribution in [0.2, 0.25) is 10.0 Å². The third-order valence-corrected chi connectivity index (χ3v) is 4.97. The summed E-state index contributed by atoms with van der Waals surface area (Å²) in [4.78, 5) is 11.8. The van der Waals surface area contributed by atoms with Crippen LogP contribution in [-0.2, 0) is 22.4 Å². The van der Waals surface area contributed by atoms with Gasteiger partial charge in [-0.2, -0.15) is 0 Å². The van der Waals surface area contributed by atoms with Crippen LogP contribution in [-0.4, -0.2) is 28.4 Å². The molecule has 0 aliphatic heterocycles. The topological polar surface area (TPSA) is 69.7 Å². The van der Waals surface area contributed by atoms with E-state index in [4.69, 9.17) is 27.9 Å². The van der Waals surface area contributed by atoms with Crippen molar-refractivity contribution in [1.29, 1.82) is 0 Å². The molecule has 1 unspecified atom stereocenters. The molecule has 0 radical (unpaired) electrons. The van der Waals surface area contributed by atoms with E-state index in [1.54, 1.807) is 36.4 Å². The number of methoxy groups -OCH3 is 1. The van der Waals surface area contributed by atoms with Crippen LogP contribution in [0, 0.1) is 0 Å². The molecule has 0 fully saturated rings. The lowest BCUT2D eigenvalue weighted by Crippen LogP contribution is -2.29. The van der Waals surface area contributed by atoms with Crippen molar-refractivity contribution in [1.82, 2.24) is 0 Å². The zero-order valence-electron chi connectivity index (χ0n) is 12.7. The van der Waals surface area contributed by atoms with Crippen LogP contribution in [0.4, 0.5) is 5.69 Å². The molecule has 2 rings (SSSR count). The van der Waals surface area contributed by atoms with Gasteiger partial charge in [-0.15, -0.1) is 0 Å². The van der Waals surface area contributed by atoms with Gasteiger partial charge in [0.25, 0.3) is 0 Å². The fourth-order valence-corrected chi connectivity index (χ4v) is 3.19. The summed E-state index contributed by atoms with van der Waals surface area (Å²) in [6.45, 7) is 0.101. The average molecular weight is 387 g/mol. The number of halogens is 2. The highest BCUT2D eigenvalue weighted by Gasteiger charge is 2.18. The van der Waals surface area contributed by atoms with Crippen LogP contribution < -0.4 is 4.31 Å². The second kappa shape index (κ2) is 8.48. The molecule has 128 valence electrons. The van der Waals surface area contributed by atoms with E-state index >= 15 is 0 Å². The molecular formula is C16H14Cl2NO4S-. The van der Waals surface area contributed by atoms with Gasteiger partial charge in [-0.25, -0.2) is 4.79 Å². The predicted molar refractivity (Wildman–Crippen MR) is 94.2 cm³/mol. The molecule has 0 amide bonds. The number of para-hydroxylation sites is 1. The lowest BCUT2D eigenvalue weighted by Gasteiger charge is -2.28. The van der Waals surface area contributed by atoms with Gasteiger partial charge in [0.15, 0.2) is 0 Å². The third-order valence-electron chi connectivity index (χ3n) is 3.37. The summed E-state index contributed by atoms with van der Waals surface area (Å²) in [5.74, 6) is -0.609. The van der Waals surface area contributed by atoms with E-state index in [0.717, 1.165) is 9.87 Å². The van der Waals surface area contributed by atoms with Gasteiger partial charge in [0.2, 0.25) is 0 Å². The highest BCUT2D eigenvalue weighted by atomic mass is 35.5. The van der Waals surface area contributed by atoms with Crippen molar-refractivity contribution in [3.8, 4) is 0 Å². The van der Waals surface area contributed by atoms with Crippen LogP contribution >= 0.6 is 23.2 Å². The largest absolute Gasteiger partial charge is 0.755 e. The zero-order valence-corrected chi connectivity index (χ0v) is 15.0. The summed E-state index contributed by atoms with van der Waals surface area (Å²) >= 11 is 9.52. The number of esters is 1. The van der Waals surface area contributed by atoms with Crippen molar-refractivity contribution >= 4 is 46.1 Å². The van der Waals surface area contributed by atoms with E-state index in [2.05, 4.69) is 0 Å². The summed E-state index contributed by atoms with van der Waals surface area (Å²) in [6.07, 6.45) is 0.336. The van der Waals surface area contributed by atoms with Gasteiger partial charge in [0.1, 0.15) is 0 Å². The standard InChI is InChI=1S/C16H15Cl2NO4S/c1-23-16(20)12-6-2-3-8-14(12)19(24(21)22)10-9-11-5-4-7-13(17)15(11)18/h2-8H,9-10H2,1H3,(H,21,22)/p-1. The van der Waals surface area contributed by atoms with Gasteiger partial charge in [0, 0.05) is 17.8 Å². The Hall–Kier alpha value is -1.60. The lowest BCUT2D eigenvalue weighted by atomic mass is 10.1. The van der Waals surface area contributed by atoms with E-state index in [1.807, 2.05) is 0 Å². The van der Waals surface area contributed by atoms with E-state index in [9.17, 15) is 13.6 Å². The molecule has 0 aliphatic carbocycles. The fourth-order valence-electron chi connectivity index (χ4n) is 2.21. The monoisotopic (exact) mass is 386 g/mol. The Morgan fingerprint density at radius 2 is 1.92 bits per heavy atom. The van der Waals surface area contributed by atoms with Crippen LogP contribution in [0.5, 0.6) is 0 Å². The number of carbonyl (C=O) groups excluding carboxylic acids is 1. The molecule has 0 N–H and O–H groups in total. The summed E-state index contributed by atoms with van der Waals surface area (Å²) in [5.41, 5.74) is 1.13. The molecule has 8 heteroatoms. The van der Waals surface area contributed by atoms with Crippen molar-refractivity contribution in [2.75, 3.05) is 18.0 Å². The predicted octanol–water partition coefficient (Wildman–Crippen LogP) is 3.62. The molecule has 0 saturated carbocycles. The van der Waals surface area contributed by atoms with Crippen molar-refractivity contribution in [3.63, 3.8) is 0 Å². The van der Waals surface area contributed by atoms with Gasteiger partial charge >= 0.3 is 5.97 Å². The third kappa shape index (κ3) is 4.27. The summed E-state index contributed by atoms with van der Waals surface area (Å²) in [7, 11) is 1.24. The smallest absolute Gasteiger partial charge is 0.340 e.